The fourth-order valence-corrected chi connectivity index (χ4v) is 3.15. The predicted octanol–water partition coefficient (Wildman–Crippen LogP) is 2.07. The minimum Gasteiger partial charge on any atom is -0.332 e. The number of hydrogen-bond acceptors (Lipinski definition) is 3. The first-order chi connectivity index (χ1) is 9.00. The van der Waals surface area contributed by atoms with Gasteiger partial charge in [-0.2, -0.15) is 0 Å². The van der Waals surface area contributed by atoms with E-state index in [-0.39, 0.29) is 0 Å². The van der Waals surface area contributed by atoms with Crippen LogP contribution >= 0.6 is 0 Å². The van der Waals surface area contributed by atoms with Gasteiger partial charge in [0.05, 0.1) is 6.33 Å². The van der Waals surface area contributed by atoms with Gasteiger partial charge < -0.3 is 15.2 Å². The number of likely N-dealkylation sites (N-methyl/N-ethyl adjacent to an activating group) is 1. The Balaban J connectivity index is 2.20. The average Bonchev–Trinajstić information content (AvgIpc) is 2.71. The standard InChI is InChI=1S/C15H28N4/c1-12(2)13(8-16)14-9-17-11-19(14)10-15(18(3)4)6-5-7-15/h9,11-13H,5-8,10,16H2,1-4H3. The summed E-state index contributed by atoms with van der Waals surface area (Å²) < 4.78 is 2.33. The Morgan fingerprint density at radius 3 is 2.53 bits per heavy atom. The zero-order valence-electron chi connectivity index (χ0n) is 12.8. The molecule has 1 aliphatic rings. The van der Waals surface area contributed by atoms with Crippen molar-refractivity contribution in [2.75, 3.05) is 20.6 Å². The van der Waals surface area contributed by atoms with Crippen molar-refractivity contribution in [3.63, 3.8) is 0 Å². The lowest BCUT2D eigenvalue weighted by atomic mass is 9.75. The maximum absolute atomic E-state index is 5.95. The number of imidazole rings is 1. The monoisotopic (exact) mass is 264 g/mol. The summed E-state index contributed by atoms with van der Waals surface area (Å²) in [5, 5.41) is 0. The summed E-state index contributed by atoms with van der Waals surface area (Å²) in [6.45, 7) is 6.21. The Labute approximate surface area is 117 Å². The van der Waals surface area contributed by atoms with Crippen molar-refractivity contribution in [1.82, 2.24) is 14.5 Å². The van der Waals surface area contributed by atoms with Gasteiger partial charge in [-0.3, -0.25) is 0 Å². The number of rotatable bonds is 6. The number of nitrogens with zero attached hydrogens (tertiary/aromatic N) is 3. The van der Waals surface area contributed by atoms with E-state index in [2.05, 4.69) is 42.4 Å². The highest BCUT2D eigenvalue weighted by molar-refractivity contribution is 5.10. The van der Waals surface area contributed by atoms with E-state index in [0.29, 0.717) is 23.9 Å². The molecule has 1 unspecified atom stereocenters. The van der Waals surface area contributed by atoms with Gasteiger partial charge in [0.2, 0.25) is 0 Å². The molecule has 0 aliphatic heterocycles. The summed E-state index contributed by atoms with van der Waals surface area (Å²) >= 11 is 0. The lowest BCUT2D eigenvalue weighted by molar-refractivity contribution is 0.0412. The minimum absolute atomic E-state index is 0.325. The van der Waals surface area contributed by atoms with Crippen LogP contribution in [0.4, 0.5) is 0 Å². The molecule has 0 bridgehead atoms. The third-order valence-electron chi connectivity index (χ3n) is 4.88. The van der Waals surface area contributed by atoms with Crippen LogP contribution in [-0.4, -0.2) is 40.6 Å². The molecule has 1 saturated carbocycles. The van der Waals surface area contributed by atoms with E-state index >= 15 is 0 Å². The van der Waals surface area contributed by atoms with Gasteiger partial charge in [0.15, 0.2) is 0 Å². The first-order valence-corrected chi connectivity index (χ1v) is 7.38. The molecule has 1 aromatic heterocycles. The van der Waals surface area contributed by atoms with Crippen LogP contribution in [0.25, 0.3) is 0 Å². The molecule has 2 N–H and O–H groups in total. The van der Waals surface area contributed by atoms with Crippen molar-refractivity contribution < 1.29 is 0 Å². The zero-order chi connectivity index (χ0) is 14.0. The van der Waals surface area contributed by atoms with Gasteiger partial charge in [0.1, 0.15) is 0 Å². The van der Waals surface area contributed by atoms with Crippen molar-refractivity contribution in [2.45, 2.75) is 51.1 Å². The molecule has 1 atom stereocenters. The van der Waals surface area contributed by atoms with E-state index in [1.54, 1.807) is 0 Å². The largest absolute Gasteiger partial charge is 0.332 e. The second-order valence-electron chi connectivity index (χ2n) is 6.50. The van der Waals surface area contributed by atoms with Crippen LogP contribution in [0.2, 0.25) is 0 Å². The van der Waals surface area contributed by atoms with E-state index in [1.807, 2.05) is 12.5 Å². The molecule has 0 saturated heterocycles. The van der Waals surface area contributed by atoms with Crippen molar-refractivity contribution >= 4 is 0 Å². The summed E-state index contributed by atoms with van der Waals surface area (Å²) in [6, 6.07) is 0. The smallest absolute Gasteiger partial charge is 0.0948 e. The molecule has 1 fully saturated rings. The second-order valence-corrected chi connectivity index (χ2v) is 6.50. The minimum atomic E-state index is 0.325. The van der Waals surface area contributed by atoms with Gasteiger partial charge in [-0.1, -0.05) is 13.8 Å². The SMILES string of the molecule is CC(C)C(CN)c1cncn1CC1(N(C)C)CCC1. The Morgan fingerprint density at radius 1 is 1.42 bits per heavy atom. The molecular formula is C15H28N4. The Kier molecular flexibility index (Phi) is 4.31. The Bertz CT molecular complexity index is 404. The van der Waals surface area contributed by atoms with Crippen LogP contribution in [0.15, 0.2) is 12.5 Å². The third-order valence-corrected chi connectivity index (χ3v) is 4.88. The second kappa shape index (κ2) is 5.63. The van der Waals surface area contributed by atoms with Gasteiger partial charge in [0.25, 0.3) is 0 Å². The van der Waals surface area contributed by atoms with Crippen molar-refractivity contribution in [2.24, 2.45) is 11.7 Å². The van der Waals surface area contributed by atoms with E-state index in [1.165, 1.54) is 25.0 Å². The molecule has 4 nitrogen and oxygen atoms in total. The van der Waals surface area contributed by atoms with E-state index in [0.717, 1.165) is 6.54 Å². The average molecular weight is 264 g/mol. The highest BCUT2D eigenvalue weighted by Crippen LogP contribution is 2.38. The summed E-state index contributed by atoms with van der Waals surface area (Å²) in [7, 11) is 4.39. The Hall–Kier alpha value is -0.870. The van der Waals surface area contributed by atoms with Crippen LogP contribution in [0.5, 0.6) is 0 Å². The van der Waals surface area contributed by atoms with Crippen LogP contribution < -0.4 is 5.73 Å². The van der Waals surface area contributed by atoms with Crippen molar-refractivity contribution in [3.05, 3.63) is 18.2 Å². The highest BCUT2D eigenvalue weighted by atomic mass is 15.2. The number of aromatic nitrogens is 2. The summed E-state index contributed by atoms with van der Waals surface area (Å²) in [5.41, 5.74) is 7.57. The molecule has 0 amide bonds. The van der Waals surface area contributed by atoms with Gasteiger partial charge in [-0.25, -0.2) is 4.98 Å². The molecule has 0 aromatic carbocycles. The first kappa shape index (κ1) is 14.5. The molecular weight excluding hydrogens is 236 g/mol. The first-order valence-electron chi connectivity index (χ1n) is 7.38. The molecule has 1 aromatic rings. The Morgan fingerprint density at radius 2 is 2.11 bits per heavy atom. The summed E-state index contributed by atoms with van der Waals surface area (Å²) in [6.07, 6.45) is 7.88. The molecule has 0 radical (unpaired) electrons. The summed E-state index contributed by atoms with van der Waals surface area (Å²) in [4.78, 5) is 6.75. The maximum atomic E-state index is 5.95. The van der Waals surface area contributed by atoms with Gasteiger partial charge >= 0.3 is 0 Å². The lowest BCUT2D eigenvalue weighted by Gasteiger charge is -2.48. The topological polar surface area (TPSA) is 47.1 Å². The van der Waals surface area contributed by atoms with Crippen LogP contribution in [0.3, 0.4) is 0 Å². The van der Waals surface area contributed by atoms with Crippen LogP contribution in [-0.2, 0) is 6.54 Å². The zero-order valence-corrected chi connectivity index (χ0v) is 12.8. The van der Waals surface area contributed by atoms with Gasteiger partial charge in [-0.05, 0) is 39.3 Å². The molecule has 4 heteroatoms. The highest BCUT2D eigenvalue weighted by Gasteiger charge is 2.39. The van der Waals surface area contributed by atoms with E-state index in [9.17, 15) is 0 Å². The number of nitrogens with two attached hydrogens (primary N) is 1. The molecule has 19 heavy (non-hydrogen) atoms. The van der Waals surface area contributed by atoms with Crippen molar-refractivity contribution in [3.8, 4) is 0 Å². The normalized spacial score (nSPS) is 19.7. The van der Waals surface area contributed by atoms with E-state index in [4.69, 9.17) is 5.73 Å². The van der Waals surface area contributed by atoms with Crippen molar-refractivity contribution in [1.29, 1.82) is 0 Å². The molecule has 1 aliphatic carbocycles. The molecule has 0 spiro atoms. The summed E-state index contributed by atoms with van der Waals surface area (Å²) in [5.74, 6) is 0.957. The predicted molar refractivity (Wildman–Crippen MR) is 79.1 cm³/mol. The molecule has 108 valence electrons. The fraction of sp³-hybridized carbons (Fsp3) is 0.800. The number of hydrogen-bond donors (Lipinski definition) is 1. The van der Waals surface area contributed by atoms with Crippen LogP contribution in [0.1, 0.15) is 44.7 Å². The quantitative estimate of drug-likeness (QED) is 0.855. The van der Waals surface area contributed by atoms with E-state index < -0.39 is 0 Å². The lowest BCUT2D eigenvalue weighted by Crippen LogP contribution is -2.53. The van der Waals surface area contributed by atoms with Gasteiger partial charge in [0, 0.05) is 36.4 Å². The molecule has 2 rings (SSSR count). The van der Waals surface area contributed by atoms with Crippen LogP contribution in [0, 0.1) is 5.92 Å². The fourth-order valence-electron chi connectivity index (χ4n) is 3.15. The van der Waals surface area contributed by atoms with Gasteiger partial charge in [-0.15, -0.1) is 0 Å². The molecule has 1 heterocycles. The maximum Gasteiger partial charge on any atom is 0.0948 e. The third kappa shape index (κ3) is 2.70.